The van der Waals surface area contributed by atoms with Gasteiger partial charge in [0, 0.05) is 5.56 Å². The van der Waals surface area contributed by atoms with Crippen LogP contribution in [0.3, 0.4) is 0 Å². The first-order valence-corrected chi connectivity index (χ1v) is 4.67. The molecule has 0 radical (unpaired) electrons. The number of phenolic OH excluding ortho intramolecular Hbond substituents is 1. The molecule has 0 spiro atoms. The topological polar surface area (TPSA) is 66.5 Å². The summed E-state index contributed by atoms with van der Waals surface area (Å²) in [5, 5.41) is 19.1. The first-order chi connectivity index (χ1) is 6.43. The maximum atomic E-state index is 9.75. The molecular weight excluding hydrogens is 178 g/mol. The van der Waals surface area contributed by atoms with Crippen LogP contribution in [0.4, 0.5) is 0 Å². The van der Waals surface area contributed by atoms with Gasteiger partial charge in [-0.2, -0.15) is 0 Å². The van der Waals surface area contributed by atoms with Gasteiger partial charge in [0.05, 0.1) is 12.1 Å². The van der Waals surface area contributed by atoms with Gasteiger partial charge in [0.1, 0.15) is 5.75 Å². The fourth-order valence-corrected chi connectivity index (χ4v) is 1.51. The van der Waals surface area contributed by atoms with Gasteiger partial charge < -0.3 is 15.9 Å². The number of aliphatic hydroxyl groups excluding tert-OH is 1. The molecule has 1 rings (SSSR count). The van der Waals surface area contributed by atoms with E-state index >= 15 is 0 Å². The first-order valence-electron chi connectivity index (χ1n) is 4.67. The molecule has 3 nitrogen and oxygen atoms in total. The van der Waals surface area contributed by atoms with Crippen molar-refractivity contribution in [3.05, 3.63) is 28.8 Å². The highest BCUT2D eigenvalue weighted by Crippen LogP contribution is 2.29. The van der Waals surface area contributed by atoms with Crippen LogP contribution >= 0.6 is 0 Å². The van der Waals surface area contributed by atoms with E-state index < -0.39 is 12.1 Å². The number of phenols is 1. The molecule has 2 atom stereocenters. The number of benzene rings is 1. The molecule has 3 heteroatoms. The van der Waals surface area contributed by atoms with E-state index in [1.54, 1.807) is 13.0 Å². The number of aliphatic hydroxyl groups is 1. The highest BCUT2D eigenvalue weighted by molar-refractivity contribution is 5.44. The molecule has 1 aromatic carbocycles. The number of aryl methyl sites for hydroxylation is 2. The summed E-state index contributed by atoms with van der Waals surface area (Å²) in [6.07, 6.45) is -0.665. The first kappa shape index (κ1) is 11.0. The van der Waals surface area contributed by atoms with E-state index in [1.807, 2.05) is 19.9 Å². The Labute approximate surface area is 84.2 Å². The van der Waals surface area contributed by atoms with E-state index in [1.165, 1.54) is 0 Å². The van der Waals surface area contributed by atoms with E-state index in [9.17, 15) is 10.2 Å². The Kier molecular flexibility index (Phi) is 3.13. The lowest BCUT2D eigenvalue weighted by Crippen LogP contribution is -2.23. The Morgan fingerprint density at radius 2 is 1.86 bits per heavy atom. The van der Waals surface area contributed by atoms with Gasteiger partial charge in [-0.25, -0.2) is 0 Å². The average molecular weight is 195 g/mol. The predicted octanol–water partition coefficient (Wildman–Crippen LogP) is 1.39. The molecule has 0 aliphatic carbocycles. The van der Waals surface area contributed by atoms with Gasteiger partial charge in [0.15, 0.2) is 0 Å². The Morgan fingerprint density at radius 1 is 1.29 bits per heavy atom. The fourth-order valence-electron chi connectivity index (χ4n) is 1.51. The molecule has 0 unspecified atom stereocenters. The molecule has 78 valence electrons. The summed E-state index contributed by atoms with van der Waals surface area (Å²) in [5.74, 6) is 0.184. The molecular formula is C11H17NO2. The maximum absolute atomic E-state index is 9.75. The van der Waals surface area contributed by atoms with Gasteiger partial charge >= 0.3 is 0 Å². The summed E-state index contributed by atoms with van der Waals surface area (Å²) in [4.78, 5) is 0. The van der Waals surface area contributed by atoms with E-state index in [-0.39, 0.29) is 5.75 Å². The van der Waals surface area contributed by atoms with Gasteiger partial charge in [-0.05, 0) is 26.3 Å². The SMILES string of the molecule is Cc1cc(C)c(O)c([C@H](N)[C@@H](C)O)c1. The Hall–Kier alpha value is -1.06. The van der Waals surface area contributed by atoms with Crippen LogP contribution in [-0.4, -0.2) is 16.3 Å². The maximum Gasteiger partial charge on any atom is 0.123 e. The zero-order valence-corrected chi connectivity index (χ0v) is 8.78. The molecule has 0 bridgehead atoms. The highest BCUT2D eigenvalue weighted by atomic mass is 16.3. The van der Waals surface area contributed by atoms with Crippen LogP contribution in [0.1, 0.15) is 29.7 Å². The van der Waals surface area contributed by atoms with Crippen LogP contribution in [0.2, 0.25) is 0 Å². The average Bonchev–Trinajstić information content (AvgIpc) is 2.09. The quantitative estimate of drug-likeness (QED) is 0.668. The van der Waals surface area contributed by atoms with E-state index in [4.69, 9.17) is 5.73 Å². The second kappa shape index (κ2) is 3.98. The van der Waals surface area contributed by atoms with Gasteiger partial charge in [-0.3, -0.25) is 0 Å². The lowest BCUT2D eigenvalue weighted by atomic mass is 9.97. The Bertz CT molecular complexity index is 334. The lowest BCUT2D eigenvalue weighted by Gasteiger charge is -2.18. The van der Waals surface area contributed by atoms with Crippen molar-refractivity contribution in [2.24, 2.45) is 5.73 Å². The number of nitrogens with two attached hydrogens (primary N) is 1. The summed E-state index contributed by atoms with van der Waals surface area (Å²) >= 11 is 0. The van der Waals surface area contributed by atoms with Gasteiger partial charge in [0.25, 0.3) is 0 Å². The van der Waals surface area contributed by atoms with Crippen molar-refractivity contribution >= 4 is 0 Å². The molecule has 4 N–H and O–H groups in total. The third-order valence-corrected chi connectivity index (χ3v) is 2.35. The predicted molar refractivity (Wildman–Crippen MR) is 56.2 cm³/mol. The smallest absolute Gasteiger partial charge is 0.123 e. The van der Waals surface area contributed by atoms with E-state index in [2.05, 4.69) is 0 Å². The monoisotopic (exact) mass is 195 g/mol. The third-order valence-electron chi connectivity index (χ3n) is 2.35. The van der Waals surface area contributed by atoms with Crippen molar-refractivity contribution in [3.8, 4) is 5.75 Å². The summed E-state index contributed by atoms with van der Waals surface area (Å²) in [6.45, 7) is 5.37. The second-order valence-corrected chi connectivity index (χ2v) is 3.79. The van der Waals surface area contributed by atoms with Crippen molar-refractivity contribution in [1.29, 1.82) is 0 Å². The largest absolute Gasteiger partial charge is 0.507 e. The van der Waals surface area contributed by atoms with Crippen molar-refractivity contribution in [1.82, 2.24) is 0 Å². The van der Waals surface area contributed by atoms with Gasteiger partial charge in [-0.15, -0.1) is 0 Å². The van der Waals surface area contributed by atoms with E-state index in [0.29, 0.717) is 5.56 Å². The number of hydrogen-bond donors (Lipinski definition) is 3. The standard InChI is InChI=1S/C11H17NO2/c1-6-4-7(2)11(14)9(5-6)10(12)8(3)13/h4-5,8,10,13-14H,12H2,1-3H3/t8-,10-/m1/s1. The van der Waals surface area contributed by atoms with E-state index in [0.717, 1.165) is 11.1 Å². The molecule has 0 aromatic heterocycles. The van der Waals surface area contributed by atoms with Crippen molar-refractivity contribution in [2.75, 3.05) is 0 Å². The minimum Gasteiger partial charge on any atom is -0.507 e. The minimum absolute atomic E-state index is 0.184. The molecule has 0 saturated carbocycles. The molecule has 0 amide bonds. The van der Waals surface area contributed by atoms with Crippen LogP contribution in [0.15, 0.2) is 12.1 Å². The molecule has 14 heavy (non-hydrogen) atoms. The normalized spacial score (nSPS) is 15.2. The molecule has 0 fully saturated rings. The number of rotatable bonds is 2. The van der Waals surface area contributed by atoms with Crippen molar-refractivity contribution in [2.45, 2.75) is 32.9 Å². The molecule has 0 aliphatic heterocycles. The third kappa shape index (κ3) is 2.05. The Morgan fingerprint density at radius 3 is 2.36 bits per heavy atom. The summed E-state index contributed by atoms with van der Waals surface area (Å²) < 4.78 is 0. The lowest BCUT2D eigenvalue weighted by molar-refractivity contribution is 0.162. The van der Waals surface area contributed by atoms with Gasteiger partial charge in [-0.1, -0.05) is 17.7 Å². The summed E-state index contributed by atoms with van der Waals surface area (Å²) in [7, 11) is 0. The number of aromatic hydroxyl groups is 1. The van der Waals surface area contributed by atoms with Crippen molar-refractivity contribution in [3.63, 3.8) is 0 Å². The highest BCUT2D eigenvalue weighted by Gasteiger charge is 2.17. The zero-order valence-electron chi connectivity index (χ0n) is 8.78. The molecule has 0 heterocycles. The van der Waals surface area contributed by atoms with Crippen LogP contribution in [0.5, 0.6) is 5.75 Å². The van der Waals surface area contributed by atoms with Crippen LogP contribution in [0.25, 0.3) is 0 Å². The molecule has 1 aromatic rings. The van der Waals surface area contributed by atoms with Crippen LogP contribution < -0.4 is 5.73 Å². The fraction of sp³-hybridized carbons (Fsp3) is 0.455. The summed E-state index contributed by atoms with van der Waals surface area (Å²) in [5.41, 5.74) is 8.20. The molecule has 0 saturated heterocycles. The minimum atomic E-state index is -0.665. The Balaban J connectivity index is 3.20. The van der Waals surface area contributed by atoms with Gasteiger partial charge in [0.2, 0.25) is 0 Å². The second-order valence-electron chi connectivity index (χ2n) is 3.79. The zero-order chi connectivity index (χ0) is 10.9. The van der Waals surface area contributed by atoms with Crippen LogP contribution in [-0.2, 0) is 0 Å². The van der Waals surface area contributed by atoms with Crippen LogP contribution in [0, 0.1) is 13.8 Å². The van der Waals surface area contributed by atoms with Crippen molar-refractivity contribution < 1.29 is 10.2 Å². The summed E-state index contributed by atoms with van der Waals surface area (Å²) in [6, 6.07) is 3.15. The molecule has 0 aliphatic rings. The number of hydrogen-bond acceptors (Lipinski definition) is 3.